The molecule has 0 aliphatic carbocycles. The Hall–Kier alpha value is -3.95. The summed E-state index contributed by atoms with van der Waals surface area (Å²) in [4.78, 5) is 13.5. The van der Waals surface area contributed by atoms with Crippen molar-refractivity contribution >= 4 is 35.2 Å². The molecule has 4 aromatic rings. The second-order valence-corrected chi connectivity index (χ2v) is 7.98. The smallest absolute Gasteiger partial charge is 0.290 e. The van der Waals surface area contributed by atoms with Crippen LogP contribution in [-0.4, -0.2) is 28.0 Å². The van der Waals surface area contributed by atoms with Crippen molar-refractivity contribution in [2.75, 3.05) is 13.7 Å². The number of aromatic hydroxyl groups is 1. The molecule has 0 saturated carbocycles. The van der Waals surface area contributed by atoms with Gasteiger partial charge in [0.2, 0.25) is 11.6 Å². The molecule has 0 aliphatic rings. The highest BCUT2D eigenvalue weighted by Crippen LogP contribution is 2.32. The molecule has 0 spiro atoms. The maximum absolute atomic E-state index is 13.5. The Morgan fingerprint density at radius 2 is 1.60 bits per heavy atom. The van der Waals surface area contributed by atoms with Crippen LogP contribution in [0.5, 0.6) is 17.4 Å². The second kappa shape index (κ2) is 10.5. The van der Waals surface area contributed by atoms with Crippen molar-refractivity contribution in [1.29, 1.82) is 0 Å². The topological polar surface area (TPSA) is 90.3 Å². The first-order chi connectivity index (χ1) is 16.9. The van der Waals surface area contributed by atoms with Gasteiger partial charge in [-0.15, -0.1) is 5.11 Å². The van der Waals surface area contributed by atoms with Crippen molar-refractivity contribution in [3.8, 4) is 28.8 Å². The fourth-order valence-electron chi connectivity index (χ4n) is 3.37. The van der Waals surface area contributed by atoms with E-state index >= 15 is 0 Å². The maximum atomic E-state index is 13.5. The third-order valence-corrected chi connectivity index (χ3v) is 5.73. The minimum Gasteiger partial charge on any atom is -0.497 e. The average Bonchev–Trinajstić information content (AvgIpc) is 2.86. The molecule has 0 bridgehead atoms. The number of aromatic nitrogens is 2. The Morgan fingerprint density at radius 3 is 2.23 bits per heavy atom. The second-order valence-electron chi connectivity index (χ2n) is 7.21. The molecule has 1 heterocycles. The quantitative estimate of drug-likeness (QED) is 0.226. The van der Waals surface area contributed by atoms with E-state index in [-0.39, 0.29) is 10.5 Å². The third kappa shape index (κ3) is 4.96. The van der Waals surface area contributed by atoms with Crippen LogP contribution in [0.15, 0.2) is 87.8 Å². The van der Waals surface area contributed by atoms with Gasteiger partial charge in [-0.3, -0.25) is 13.9 Å². The van der Waals surface area contributed by atoms with Crippen LogP contribution in [0.1, 0.15) is 6.92 Å². The number of benzene rings is 3. The van der Waals surface area contributed by atoms with Crippen LogP contribution in [0.25, 0.3) is 11.4 Å². The van der Waals surface area contributed by atoms with Gasteiger partial charge in [-0.2, -0.15) is 5.11 Å². The molecule has 4 rings (SSSR count). The largest absolute Gasteiger partial charge is 0.497 e. The van der Waals surface area contributed by atoms with Gasteiger partial charge in [0.1, 0.15) is 11.5 Å². The molecular formula is C25H21ClN4O4S. The Kier molecular flexibility index (Phi) is 7.28. The van der Waals surface area contributed by atoms with Crippen molar-refractivity contribution in [2.45, 2.75) is 6.92 Å². The van der Waals surface area contributed by atoms with E-state index in [2.05, 4.69) is 10.2 Å². The molecule has 178 valence electrons. The molecule has 0 atom stereocenters. The molecule has 0 amide bonds. The van der Waals surface area contributed by atoms with Gasteiger partial charge in [0.05, 0.1) is 35.8 Å². The number of halogens is 1. The number of nitrogens with zero attached hydrogens (tertiary/aromatic N) is 4. The third-order valence-electron chi connectivity index (χ3n) is 5.05. The molecule has 0 radical (unpaired) electrons. The standard InChI is InChI=1S/C25H21ClN4O4S/c1-3-34-19-14-10-17(11-15-19)29-23(31)22(28-27-16-8-12-18(33-2)13-9-16)24(32)30(25(29)35)21-7-5-4-6-20(21)26/h4-15,32H,3H2,1-2H3. The fraction of sp³-hybridized carbons (Fsp3) is 0.120. The summed E-state index contributed by atoms with van der Waals surface area (Å²) < 4.78 is 13.2. The molecule has 8 nitrogen and oxygen atoms in total. The first kappa shape index (κ1) is 24.2. The van der Waals surface area contributed by atoms with Crippen molar-refractivity contribution in [3.05, 3.63) is 92.9 Å². The summed E-state index contributed by atoms with van der Waals surface area (Å²) >= 11 is 12.0. The van der Waals surface area contributed by atoms with Gasteiger partial charge in [-0.05, 0) is 79.8 Å². The first-order valence-electron chi connectivity index (χ1n) is 10.6. The molecule has 35 heavy (non-hydrogen) atoms. The zero-order chi connectivity index (χ0) is 24.9. The summed E-state index contributed by atoms with van der Waals surface area (Å²) in [5, 5.41) is 19.6. The molecular weight excluding hydrogens is 488 g/mol. The summed E-state index contributed by atoms with van der Waals surface area (Å²) in [7, 11) is 1.56. The SMILES string of the molecule is CCOc1ccc(-n2c(=O)c(N=Nc3ccc(OC)cc3)c(O)n(-c3ccccc3Cl)c2=S)cc1. The lowest BCUT2D eigenvalue weighted by molar-refractivity contribution is 0.340. The lowest BCUT2D eigenvalue weighted by Gasteiger charge is -2.17. The van der Waals surface area contributed by atoms with E-state index < -0.39 is 11.4 Å². The predicted molar refractivity (Wildman–Crippen MR) is 137 cm³/mol. The van der Waals surface area contributed by atoms with Gasteiger partial charge in [0, 0.05) is 0 Å². The first-order valence-corrected chi connectivity index (χ1v) is 11.4. The number of azo groups is 1. The lowest BCUT2D eigenvalue weighted by Crippen LogP contribution is -2.23. The molecule has 10 heteroatoms. The van der Waals surface area contributed by atoms with E-state index in [9.17, 15) is 9.90 Å². The van der Waals surface area contributed by atoms with Gasteiger partial charge in [-0.1, -0.05) is 23.7 Å². The molecule has 0 aliphatic heterocycles. The number of hydrogen-bond acceptors (Lipinski definition) is 7. The Balaban J connectivity index is 1.94. The molecule has 3 aromatic carbocycles. The van der Waals surface area contributed by atoms with Crippen LogP contribution in [0.4, 0.5) is 11.4 Å². The molecule has 0 fully saturated rings. The highest BCUT2D eigenvalue weighted by atomic mass is 35.5. The Bertz CT molecular complexity index is 1500. The van der Waals surface area contributed by atoms with Crippen LogP contribution in [-0.2, 0) is 0 Å². The van der Waals surface area contributed by atoms with Crippen LogP contribution in [0.3, 0.4) is 0 Å². The number of para-hydroxylation sites is 1. The number of hydrogen-bond donors (Lipinski definition) is 1. The molecule has 1 aromatic heterocycles. The fourth-order valence-corrected chi connectivity index (χ4v) is 3.96. The zero-order valence-electron chi connectivity index (χ0n) is 18.9. The van der Waals surface area contributed by atoms with E-state index in [1.54, 1.807) is 79.9 Å². The van der Waals surface area contributed by atoms with Gasteiger partial charge >= 0.3 is 0 Å². The summed E-state index contributed by atoms with van der Waals surface area (Å²) in [6, 6.07) is 20.4. The summed E-state index contributed by atoms with van der Waals surface area (Å²) in [6.45, 7) is 2.39. The van der Waals surface area contributed by atoms with Crippen molar-refractivity contribution in [2.24, 2.45) is 10.2 Å². The van der Waals surface area contributed by atoms with Crippen molar-refractivity contribution < 1.29 is 14.6 Å². The van der Waals surface area contributed by atoms with Crippen molar-refractivity contribution in [3.63, 3.8) is 0 Å². The van der Waals surface area contributed by atoms with E-state index in [4.69, 9.17) is 33.3 Å². The van der Waals surface area contributed by atoms with Crippen LogP contribution in [0.2, 0.25) is 5.02 Å². The minimum atomic E-state index is -0.641. The van der Waals surface area contributed by atoms with Gasteiger partial charge in [0.15, 0.2) is 4.77 Å². The summed E-state index contributed by atoms with van der Waals surface area (Å²) in [5.74, 6) is 0.816. The Labute approximate surface area is 211 Å². The van der Waals surface area contributed by atoms with Crippen LogP contribution in [0, 0.1) is 4.77 Å². The zero-order valence-corrected chi connectivity index (χ0v) is 20.5. The van der Waals surface area contributed by atoms with Crippen molar-refractivity contribution in [1.82, 2.24) is 9.13 Å². The maximum Gasteiger partial charge on any atom is 0.290 e. The number of methoxy groups -OCH3 is 1. The van der Waals surface area contributed by atoms with E-state index in [1.807, 2.05) is 6.92 Å². The van der Waals surface area contributed by atoms with E-state index in [0.717, 1.165) is 0 Å². The van der Waals surface area contributed by atoms with Gasteiger partial charge in [0.25, 0.3) is 5.56 Å². The highest BCUT2D eigenvalue weighted by molar-refractivity contribution is 7.71. The molecule has 0 unspecified atom stereocenters. The normalized spacial score (nSPS) is 11.1. The number of ether oxygens (including phenoxy) is 2. The van der Waals surface area contributed by atoms with Crippen LogP contribution >= 0.6 is 23.8 Å². The number of rotatable bonds is 7. The molecule has 0 saturated heterocycles. The summed E-state index contributed by atoms with van der Waals surface area (Å²) in [5.41, 5.74) is 0.367. The van der Waals surface area contributed by atoms with E-state index in [1.165, 1.54) is 9.13 Å². The van der Waals surface area contributed by atoms with Gasteiger partial charge < -0.3 is 14.6 Å². The van der Waals surface area contributed by atoms with E-state index in [0.29, 0.717) is 40.2 Å². The van der Waals surface area contributed by atoms with Gasteiger partial charge in [-0.25, -0.2) is 0 Å². The molecule has 1 N–H and O–H groups in total. The summed E-state index contributed by atoms with van der Waals surface area (Å²) in [6.07, 6.45) is 0. The monoisotopic (exact) mass is 508 g/mol. The Morgan fingerprint density at radius 1 is 0.943 bits per heavy atom. The average molecular weight is 509 g/mol. The van der Waals surface area contributed by atoms with Crippen LogP contribution < -0.4 is 15.0 Å². The predicted octanol–water partition coefficient (Wildman–Crippen LogP) is 6.54. The lowest BCUT2D eigenvalue weighted by atomic mass is 10.3. The minimum absolute atomic E-state index is 0.00755. The highest BCUT2D eigenvalue weighted by Gasteiger charge is 2.20.